The fourth-order valence-corrected chi connectivity index (χ4v) is 2.10. The number of aliphatic hydroxyl groups excluding tert-OH is 1. The maximum absolute atomic E-state index is 13.9. The van der Waals surface area contributed by atoms with Crippen LogP contribution < -0.4 is 4.74 Å². The van der Waals surface area contributed by atoms with Crippen molar-refractivity contribution in [1.82, 2.24) is 0 Å². The van der Waals surface area contributed by atoms with Gasteiger partial charge in [0.05, 0.1) is 6.10 Å². The van der Waals surface area contributed by atoms with Crippen LogP contribution >= 0.6 is 15.9 Å². The van der Waals surface area contributed by atoms with Crippen molar-refractivity contribution in [2.75, 3.05) is 0 Å². The molecule has 0 heterocycles. The van der Waals surface area contributed by atoms with E-state index in [1.54, 1.807) is 25.1 Å². The van der Waals surface area contributed by atoms with Crippen LogP contribution in [0.2, 0.25) is 0 Å². The molecular formula is C15H14BrFO2. The van der Waals surface area contributed by atoms with E-state index < -0.39 is 11.9 Å². The number of hydrogen-bond donors (Lipinski definition) is 1. The number of hydrogen-bond acceptors (Lipinski definition) is 2. The predicted molar refractivity (Wildman–Crippen MR) is 76.0 cm³/mol. The number of aryl methyl sites for hydroxylation is 1. The molecule has 0 aliphatic carbocycles. The third-order valence-electron chi connectivity index (χ3n) is 2.81. The predicted octanol–water partition coefficient (Wildman–Crippen LogP) is 4.74. The Morgan fingerprint density at radius 2 is 2.00 bits per heavy atom. The van der Waals surface area contributed by atoms with Gasteiger partial charge in [-0.2, -0.15) is 0 Å². The van der Waals surface area contributed by atoms with Gasteiger partial charge in [-0.25, -0.2) is 4.39 Å². The summed E-state index contributed by atoms with van der Waals surface area (Å²) < 4.78 is 20.4. The second kappa shape index (κ2) is 5.72. The van der Waals surface area contributed by atoms with Gasteiger partial charge in [0.25, 0.3) is 0 Å². The van der Waals surface area contributed by atoms with Gasteiger partial charge in [0, 0.05) is 10.0 Å². The van der Waals surface area contributed by atoms with E-state index in [4.69, 9.17) is 4.74 Å². The molecule has 0 unspecified atom stereocenters. The molecule has 0 amide bonds. The zero-order valence-corrected chi connectivity index (χ0v) is 12.2. The first kappa shape index (κ1) is 14.0. The molecule has 0 aliphatic heterocycles. The lowest BCUT2D eigenvalue weighted by Gasteiger charge is -2.15. The highest BCUT2D eigenvalue weighted by Crippen LogP contribution is 2.34. The Bertz CT molecular complexity index is 597. The topological polar surface area (TPSA) is 29.5 Å². The summed E-state index contributed by atoms with van der Waals surface area (Å²) in [4.78, 5) is 0. The van der Waals surface area contributed by atoms with Gasteiger partial charge in [-0.15, -0.1) is 0 Å². The number of benzene rings is 2. The minimum absolute atomic E-state index is 0.0682. The largest absolute Gasteiger partial charge is 0.454 e. The lowest BCUT2D eigenvalue weighted by atomic mass is 10.1. The third-order valence-corrected chi connectivity index (χ3v) is 3.30. The molecule has 0 saturated carbocycles. The van der Waals surface area contributed by atoms with E-state index in [1.165, 1.54) is 6.07 Å². The minimum atomic E-state index is -0.793. The Balaban J connectivity index is 2.46. The molecule has 0 radical (unpaired) electrons. The first-order valence-electron chi connectivity index (χ1n) is 5.89. The first-order chi connectivity index (χ1) is 8.99. The van der Waals surface area contributed by atoms with Crippen molar-refractivity contribution in [2.24, 2.45) is 0 Å². The zero-order valence-electron chi connectivity index (χ0n) is 10.7. The average Bonchev–Trinajstić information content (AvgIpc) is 2.35. The number of halogens is 2. The maximum Gasteiger partial charge on any atom is 0.168 e. The quantitative estimate of drug-likeness (QED) is 0.883. The molecular weight excluding hydrogens is 311 g/mol. The Morgan fingerprint density at radius 1 is 1.26 bits per heavy atom. The number of rotatable bonds is 3. The molecule has 0 fully saturated rings. The monoisotopic (exact) mass is 324 g/mol. The van der Waals surface area contributed by atoms with Crippen LogP contribution in [-0.4, -0.2) is 5.11 Å². The van der Waals surface area contributed by atoms with Crippen LogP contribution in [0.15, 0.2) is 40.9 Å². The minimum Gasteiger partial charge on any atom is -0.454 e. The molecule has 4 heteroatoms. The van der Waals surface area contributed by atoms with Crippen molar-refractivity contribution in [3.63, 3.8) is 0 Å². The number of para-hydroxylation sites is 1. The molecule has 1 N–H and O–H groups in total. The second-order valence-electron chi connectivity index (χ2n) is 4.35. The molecule has 0 aromatic heterocycles. The summed E-state index contributed by atoms with van der Waals surface area (Å²) in [6, 6.07) is 10.1. The summed E-state index contributed by atoms with van der Waals surface area (Å²) in [7, 11) is 0. The molecule has 2 aromatic carbocycles. The molecule has 2 rings (SSSR count). The summed E-state index contributed by atoms with van der Waals surface area (Å²) in [5, 5.41) is 9.67. The van der Waals surface area contributed by atoms with E-state index in [-0.39, 0.29) is 5.75 Å². The molecule has 2 nitrogen and oxygen atoms in total. The highest BCUT2D eigenvalue weighted by molar-refractivity contribution is 9.10. The van der Waals surface area contributed by atoms with Crippen LogP contribution in [0, 0.1) is 12.7 Å². The Hall–Kier alpha value is -1.39. The average molecular weight is 325 g/mol. The van der Waals surface area contributed by atoms with Gasteiger partial charge in [-0.05, 0) is 37.6 Å². The van der Waals surface area contributed by atoms with Gasteiger partial charge in [0.15, 0.2) is 11.6 Å². The highest BCUT2D eigenvalue weighted by Gasteiger charge is 2.15. The summed E-state index contributed by atoms with van der Waals surface area (Å²) in [6.45, 7) is 3.46. The van der Waals surface area contributed by atoms with Crippen molar-refractivity contribution in [2.45, 2.75) is 20.0 Å². The van der Waals surface area contributed by atoms with Gasteiger partial charge in [0.1, 0.15) is 5.75 Å². The molecule has 0 spiro atoms. The van der Waals surface area contributed by atoms with E-state index >= 15 is 0 Å². The van der Waals surface area contributed by atoms with Crippen LogP contribution in [0.3, 0.4) is 0 Å². The molecule has 19 heavy (non-hydrogen) atoms. The lowest BCUT2D eigenvalue weighted by molar-refractivity contribution is 0.194. The summed E-state index contributed by atoms with van der Waals surface area (Å²) in [5.41, 5.74) is 1.32. The van der Waals surface area contributed by atoms with E-state index in [1.807, 2.05) is 19.1 Å². The van der Waals surface area contributed by atoms with E-state index in [9.17, 15) is 9.50 Å². The van der Waals surface area contributed by atoms with Crippen LogP contribution in [-0.2, 0) is 0 Å². The van der Waals surface area contributed by atoms with Gasteiger partial charge < -0.3 is 9.84 Å². The summed E-state index contributed by atoms with van der Waals surface area (Å²) in [6.07, 6.45) is -0.793. The van der Waals surface area contributed by atoms with Crippen LogP contribution in [0.25, 0.3) is 0 Å². The van der Waals surface area contributed by atoms with Crippen molar-refractivity contribution >= 4 is 15.9 Å². The van der Waals surface area contributed by atoms with Gasteiger partial charge in [0.2, 0.25) is 0 Å². The van der Waals surface area contributed by atoms with Crippen LogP contribution in [0.5, 0.6) is 11.5 Å². The van der Waals surface area contributed by atoms with E-state index in [2.05, 4.69) is 15.9 Å². The van der Waals surface area contributed by atoms with Crippen molar-refractivity contribution in [1.29, 1.82) is 0 Å². The Labute approximate surface area is 120 Å². The maximum atomic E-state index is 13.9. The van der Waals surface area contributed by atoms with Crippen LogP contribution in [0.4, 0.5) is 4.39 Å². The molecule has 0 aliphatic rings. The zero-order chi connectivity index (χ0) is 14.0. The SMILES string of the molecule is Cc1ccc(Br)cc1Oc1c(F)cccc1[C@H](C)O. The Kier molecular flexibility index (Phi) is 4.22. The van der Waals surface area contributed by atoms with Crippen molar-refractivity contribution in [3.05, 3.63) is 57.8 Å². The summed E-state index contributed by atoms with van der Waals surface area (Å²) in [5.74, 6) is 0.137. The molecule has 0 bridgehead atoms. The number of ether oxygens (including phenoxy) is 1. The van der Waals surface area contributed by atoms with Crippen molar-refractivity contribution < 1.29 is 14.2 Å². The first-order valence-corrected chi connectivity index (χ1v) is 6.69. The Morgan fingerprint density at radius 3 is 2.68 bits per heavy atom. The van der Waals surface area contributed by atoms with Gasteiger partial charge >= 0.3 is 0 Å². The highest BCUT2D eigenvalue weighted by atomic mass is 79.9. The normalized spacial score (nSPS) is 12.3. The molecule has 0 saturated heterocycles. The summed E-state index contributed by atoms with van der Waals surface area (Å²) >= 11 is 3.35. The molecule has 1 atom stereocenters. The standard InChI is InChI=1S/C15H14BrFO2/c1-9-6-7-11(16)8-14(9)19-15-12(10(2)18)4-3-5-13(15)17/h3-8,10,18H,1-2H3/t10-/m0/s1. The third kappa shape index (κ3) is 3.14. The fraction of sp³-hybridized carbons (Fsp3) is 0.200. The number of aliphatic hydroxyl groups is 1. The lowest BCUT2D eigenvalue weighted by Crippen LogP contribution is -1.99. The van der Waals surface area contributed by atoms with Gasteiger partial charge in [-0.3, -0.25) is 0 Å². The van der Waals surface area contributed by atoms with E-state index in [0.29, 0.717) is 11.3 Å². The van der Waals surface area contributed by atoms with Crippen LogP contribution in [0.1, 0.15) is 24.2 Å². The second-order valence-corrected chi connectivity index (χ2v) is 5.26. The van der Waals surface area contributed by atoms with E-state index in [0.717, 1.165) is 10.0 Å². The van der Waals surface area contributed by atoms with Gasteiger partial charge in [-0.1, -0.05) is 34.1 Å². The molecule has 100 valence electrons. The van der Waals surface area contributed by atoms with Crippen molar-refractivity contribution in [3.8, 4) is 11.5 Å². The smallest absolute Gasteiger partial charge is 0.168 e. The fourth-order valence-electron chi connectivity index (χ4n) is 1.76. The molecule has 2 aromatic rings.